The topological polar surface area (TPSA) is 233 Å². The van der Waals surface area contributed by atoms with Crippen molar-refractivity contribution < 1.29 is 60.0 Å². The molecule has 10 atom stereocenters. The van der Waals surface area contributed by atoms with E-state index in [0.29, 0.717) is 0 Å². The molecule has 2 fully saturated rings. The molecule has 0 bridgehead atoms. The molecule has 0 amide bonds. The van der Waals surface area contributed by atoms with Crippen molar-refractivity contribution in [3.8, 4) is 0 Å². The number of nitro groups is 1. The highest BCUT2D eigenvalue weighted by Crippen LogP contribution is 2.41. The Labute approximate surface area is 190 Å². The van der Waals surface area contributed by atoms with Gasteiger partial charge in [0.15, 0.2) is 6.29 Å². The number of aliphatic hydroxyl groups is 8. The Morgan fingerprint density at radius 3 is 2.21 bits per heavy atom. The Kier molecular flexibility index (Phi) is 7.89. The van der Waals surface area contributed by atoms with Crippen LogP contribution in [0.3, 0.4) is 0 Å². The minimum atomic E-state index is -2.73. The van der Waals surface area contributed by atoms with Gasteiger partial charge in [-0.15, -0.1) is 0 Å². The molecule has 2 heterocycles. The summed E-state index contributed by atoms with van der Waals surface area (Å²) in [4.78, 5) is 10.2. The number of halogens is 1. The average Bonchev–Trinajstić information content (AvgIpc) is 2.79. The summed E-state index contributed by atoms with van der Waals surface area (Å²) in [5.41, 5.74) is -0.758. The van der Waals surface area contributed by atoms with Crippen molar-refractivity contribution in [3.05, 3.63) is 38.9 Å². The summed E-state index contributed by atoms with van der Waals surface area (Å²) in [6.07, 6.45) is -15.8. The lowest BCUT2D eigenvalue weighted by atomic mass is 9.87. The van der Waals surface area contributed by atoms with E-state index in [1.54, 1.807) is 0 Å². The maximum absolute atomic E-state index is 11.0. The lowest BCUT2D eigenvalue weighted by molar-refractivity contribution is -0.389. The quantitative estimate of drug-likeness (QED) is 0.142. The third kappa shape index (κ3) is 4.70. The van der Waals surface area contributed by atoms with E-state index in [4.69, 9.17) is 25.8 Å². The molecule has 0 saturated carbocycles. The summed E-state index contributed by atoms with van der Waals surface area (Å²) in [7, 11) is 0. The molecule has 2 aliphatic rings. The van der Waals surface area contributed by atoms with Gasteiger partial charge in [0.2, 0.25) is 5.79 Å². The van der Waals surface area contributed by atoms with Gasteiger partial charge in [0.25, 0.3) is 5.69 Å². The predicted molar refractivity (Wildman–Crippen MR) is 105 cm³/mol. The molecule has 186 valence electrons. The molecule has 1 aromatic carbocycles. The Morgan fingerprint density at radius 2 is 1.67 bits per heavy atom. The minimum Gasteiger partial charge on any atom is -0.394 e. The zero-order chi connectivity index (χ0) is 24.7. The fraction of sp³-hybridized carbons (Fsp3) is 0.667. The molecule has 3 rings (SSSR count). The molecule has 0 aliphatic carbocycles. The second kappa shape index (κ2) is 9.99. The molecule has 2 saturated heterocycles. The number of nitro benzene ring substituents is 1. The largest absolute Gasteiger partial charge is 0.394 e. The molecule has 33 heavy (non-hydrogen) atoms. The number of benzene rings is 1. The molecular formula is C18H24ClNO13. The van der Waals surface area contributed by atoms with Gasteiger partial charge < -0.3 is 55.1 Å². The first-order valence-electron chi connectivity index (χ1n) is 9.73. The predicted octanol–water partition coefficient (Wildman–Crippen LogP) is -3.31. The Hall–Kier alpha value is -1.53. The number of aliphatic hydroxyl groups excluding tert-OH is 7. The molecule has 8 N–H and O–H groups in total. The number of ether oxygens (including phenoxy) is 3. The van der Waals surface area contributed by atoms with E-state index in [0.717, 1.165) is 18.2 Å². The van der Waals surface area contributed by atoms with Crippen LogP contribution in [0, 0.1) is 10.1 Å². The fourth-order valence-electron chi connectivity index (χ4n) is 3.77. The van der Waals surface area contributed by atoms with Gasteiger partial charge in [0, 0.05) is 17.7 Å². The molecule has 1 aromatic rings. The summed E-state index contributed by atoms with van der Waals surface area (Å²) in [6.45, 7) is -1.64. The second-order valence-corrected chi connectivity index (χ2v) is 8.10. The van der Waals surface area contributed by atoms with Crippen LogP contribution >= 0.6 is 11.6 Å². The van der Waals surface area contributed by atoms with E-state index in [2.05, 4.69) is 0 Å². The molecule has 0 aromatic heterocycles. The van der Waals surface area contributed by atoms with Gasteiger partial charge in [-0.1, -0.05) is 11.6 Å². The summed E-state index contributed by atoms with van der Waals surface area (Å²) >= 11 is 6.01. The lowest BCUT2D eigenvalue weighted by Gasteiger charge is -2.49. The van der Waals surface area contributed by atoms with Crippen LogP contribution in [0.15, 0.2) is 18.2 Å². The third-order valence-electron chi connectivity index (χ3n) is 5.63. The van der Waals surface area contributed by atoms with Gasteiger partial charge in [-0.3, -0.25) is 10.1 Å². The number of nitrogens with zero attached hydrogens (tertiary/aromatic N) is 1. The maximum Gasteiger partial charge on any atom is 0.270 e. The van der Waals surface area contributed by atoms with Crippen molar-refractivity contribution in [1.29, 1.82) is 0 Å². The van der Waals surface area contributed by atoms with Crippen molar-refractivity contribution in [2.45, 2.75) is 60.9 Å². The number of rotatable bonds is 6. The molecule has 0 radical (unpaired) electrons. The van der Waals surface area contributed by atoms with Gasteiger partial charge in [0.1, 0.15) is 48.8 Å². The van der Waals surface area contributed by atoms with Gasteiger partial charge >= 0.3 is 0 Å². The van der Waals surface area contributed by atoms with Crippen LogP contribution in [-0.2, 0) is 20.0 Å². The zero-order valence-electron chi connectivity index (χ0n) is 16.8. The van der Waals surface area contributed by atoms with E-state index < -0.39 is 84.7 Å². The first-order chi connectivity index (χ1) is 15.5. The third-order valence-corrected chi connectivity index (χ3v) is 5.94. The first kappa shape index (κ1) is 26.1. The average molecular weight is 498 g/mol. The van der Waals surface area contributed by atoms with Gasteiger partial charge in [-0.05, 0) is 6.07 Å². The van der Waals surface area contributed by atoms with Crippen LogP contribution in [-0.4, -0.2) is 114 Å². The Bertz CT molecular complexity index is 857. The summed E-state index contributed by atoms with van der Waals surface area (Å²) in [5.74, 6) is -2.73. The molecule has 15 heteroatoms. The van der Waals surface area contributed by atoms with Crippen molar-refractivity contribution in [2.24, 2.45) is 0 Å². The van der Waals surface area contributed by atoms with E-state index in [9.17, 15) is 51.0 Å². The molecule has 0 unspecified atom stereocenters. The van der Waals surface area contributed by atoms with Crippen molar-refractivity contribution >= 4 is 17.3 Å². The summed E-state index contributed by atoms with van der Waals surface area (Å²) in [5, 5.41) is 91.7. The summed E-state index contributed by atoms with van der Waals surface area (Å²) < 4.78 is 16.0. The first-order valence-corrected chi connectivity index (χ1v) is 10.1. The van der Waals surface area contributed by atoms with E-state index >= 15 is 0 Å². The Balaban J connectivity index is 1.87. The molecule has 0 spiro atoms. The highest BCUT2D eigenvalue weighted by molar-refractivity contribution is 6.31. The molecule has 14 nitrogen and oxygen atoms in total. The standard InChI is InChI=1S/C18H24ClNO13/c19-8-3-6(20(29)30)1-2-7(8)18(28)16(27)14(26)15(10(5-22)33-18)32-17-13(25)12(24)11(23)9(4-21)31-17/h1-3,9-17,21-28H,4-5H2/t9-,10-,11+,12+,13-,14+,15-,16-,17+,18-/m1/s1. The van der Waals surface area contributed by atoms with E-state index in [1.165, 1.54) is 0 Å². The number of non-ortho nitro benzene ring substituents is 1. The highest BCUT2D eigenvalue weighted by atomic mass is 35.5. The Morgan fingerprint density at radius 1 is 1.03 bits per heavy atom. The fourth-order valence-corrected chi connectivity index (χ4v) is 4.08. The van der Waals surface area contributed by atoms with Gasteiger partial charge in [-0.2, -0.15) is 0 Å². The van der Waals surface area contributed by atoms with Crippen molar-refractivity contribution in [2.75, 3.05) is 13.2 Å². The van der Waals surface area contributed by atoms with Gasteiger partial charge in [0.05, 0.1) is 23.2 Å². The van der Waals surface area contributed by atoms with Crippen LogP contribution < -0.4 is 0 Å². The van der Waals surface area contributed by atoms with Crippen LogP contribution in [0.1, 0.15) is 5.56 Å². The smallest absolute Gasteiger partial charge is 0.270 e. The van der Waals surface area contributed by atoms with Crippen LogP contribution in [0.5, 0.6) is 0 Å². The maximum atomic E-state index is 11.0. The van der Waals surface area contributed by atoms with E-state index in [1.807, 2.05) is 0 Å². The second-order valence-electron chi connectivity index (χ2n) is 7.69. The molecular weight excluding hydrogens is 474 g/mol. The number of hydrogen-bond acceptors (Lipinski definition) is 13. The SMILES string of the molecule is O=[N+]([O-])c1ccc([C@@]2(O)O[C@H](CO)[C@@H](O[C@@H]3O[C@H](CO)[C@H](O)[C@H](O)[C@H]3O)[C@H](O)[C@H]2O)c(Cl)c1. The highest BCUT2D eigenvalue weighted by Gasteiger charge is 2.57. The lowest BCUT2D eigenvalue weighted by Crippen LogP contribution is -2.67. The van der Waals surface area contributed by atoms with Gasteiger partial charge in [-0.25, -0.2) is 0 Å². The van der Waals surface area contributed by atoms with Crippen LogP contribution in [0.25, 0.3) is 0 Å². The monoisotopic (exact) mass is 497 g/mol. The van der Waals surface area contributed by atoms with E-state index in [-0.39, 0.29) is 10.6 Å². The molecule has 2 aliphatic heterocycles. The van der Waals surface area contributed by atoms with Crippen LogP contribution in [0.4, 0.5) is 5.69 Å². The summed E-state index contributed by atoms with van der Waals surface area (Å²) in [6, 6.07) is 2.87. The minimum absolute atomic E-state index is 0.342. The zero-order valence-corrected chi connectivity index (χ0v) is 17.5. The normalized spacial score (nSPS) is 41.7. The van der Waals surface area contributed by atoms with Crippen molar-refractivity contribution in [1.82, 2.24) is 0 Å². The van der Waals surface area contributed by atoms with Crippen LogP contribution in [0.2, 0.25) is 5.02 Å². The number of hydrogen-bond donors (Lipinski definition) is 8. The van der Waals surface area contributed by atoms with Crippen molar-refractivity contribution in [3.63, 3.8) is 0 Å².